The Balaban J connectivity index is 4.01. The maximum atomic E-state index is 11.2. The van der Waals surface area contributed by atoms with Crippen LogP contribution in [0.5, 0.6) is 0 Å². The fourth-order valence-corrected chi connectivity index (χ4v) is 0.847. The van der Waals surface area contributed by atoms with Crippen molar-refractivity contribution < 1.29 is 19.4 Å². The van der Waals surface area contributed by atoms with Gasteiger partial charge >= 0.3 is 12.0 Å². The lowest BCUT2D eigenvalue weighted by atomic mass is 10.2. The molecule has 0 bridgehead atoms. The number of hydrogen-bond donors (Lipinski definition) is 3. The van der Waals surface area contributed by atoms with E-state index in [0.29, 0.717) is 6.54 Å². The number of urea groups is 1. The Morgan fingerprint density at radius 3 is 2.62 bits per heavy atom. The number of amides is 2. The van der Waals surface area contributed by atoms with Crippen LogP contribution >= 0.6 is 0 Å². The average molecular weight is 228 g/mol. The van der Waals surface area contributed by atoms with Crippen LogP contribution in [0, 0.1) is 12.3 Å². The molecule has 0 aromatic carbocycles. The van der Waals surface area contributed by atoms with Crippen LogP contribution in [0.1, 0.15) is 13.3 Å². The van der Waals surface area contributed by atoms with Crippen LogP contribution in [0.4, 0.5) is 4.79 Å². The summed E-state index contributed by atoms with van der Waals surface area (Å²) in [5.41, 5.74) is 0. The Morgan fingerprint density at radius 1 is 1.56 bits per heavy atom. The van der Waals surface area contributed by atoms with Crippen LogP contribution in [0.25, 0.3) is 0 Å². The van der Waals surface area contributed by atoms with Gasteiger partial charge in [0.1, 0.15) is 6.04 Å². The highest BCUT2D eigenvalue weighted by molar-refractivity contribution is 5.82. The number of carbonyl (C=O) groups is 2. The third kappa shape index (κ3) is 5.88. The number of ether oxygens (including phenoxy) is 1. The smallest absolute Gasteiger partial charge is 0.327 e. The van der Waals surface area contributed by atoms with Crippen LogP contribution in [-0.2, 0) is 9.53 Å². The highest BCUT2D eigenvalue weighted by atomic mass is 16.5. The van der Waals surface area contributed by atoms with E-state index in [-0.39, 0.29) is 12.5 Å². The Kier molecular flexibility index (Phi) is 6.72. The Labute approximate surface area is 94.4 Å². The molecule has 0 fully saturated rings. The Bertz CT molecular complexity index is 285. The number of methoxy groups -OCH3 is 1. The zero-order valence-electron chi connectivity index (χ0n) is 9.32. The van der Waals surface area contributed by atoms with E-state index in [9.17, 15) is 9.59 Å². The van der Waals surface area contributed by atoms with Crippen LogP contribution in [0.15, 0.2) is 0 Å². The molecule has 0 aromatic heterocycles. The van der Waals surface area contributed by atoms with Gasteiger partial charge in [0.05, 0.1) is 6.10 Å². The largest absolute Gasteiger partial charge is 0.480 e. The van der Waals surface area contributed by atoms with E-state index in [4.69, 9.17) is 16.3 Å². The monoisotopic (exact) mass is 228 g/mol. The Morgan fingerprint density at radius 2 is 2.19 bits per heavy atom. The maximum Gasteiger partial charge on any atom is 0.327 e. The third-order valence-electron chi connectivity index (χ3n) is 1.88. The number of hydrogen-bond acceptors (Lipinski definition) is 3. The third-order valence-corrected chi connectivity index (χ3v) is 1.88. The first kappa shape index (κ1) is 14.3. The molecule has 0 aliphatic heterocycles. The molecule has 0 saturated carbocycles. The molecule has 0 rings (SSSR count). The Hall–Kier alpha value is -1.74. The van der Waals surface area contributed by atoms with Crippen molar-refractivity contribution >= 4 is 12.0 Å². The summed E-state index contributed by atoms with van der Waals surface area (Å²) < 4.78 is 4.91. The van der Waals surface area contributed by atoms with E-state index < -0.39 is 18.0 Å². The average Bonchev–Trinajstić information content (AvgIpc) is 2.25. The molecular weight excluding hydrogens is 212 g/mol. The second-order valence-corrected chi connectivity index (χ2v) is 3.20. The summed E-state index contributed by atoms with van der Waals surface area (Å²) in [7, 11) is 1.52. The second kappa shape index (κ2) is 7.54. The summed E-state index contributed by atoms with van der Waals surface area (Å²) in [6.45, 7) is 2.07. The van der Waals surface area contributed by atoms with E-state index >= 15 is 0 Å². The van der Waals surface area contributed by atoms with Crippen molar-refractivity contribution in [1.29, 1.82) is 0 Å². The van der Waals surface area contributed by atoms with Crippen molar-refractivity contribution in [2.75, 3.05) is 13.7 Å². The van der Waals surface area contributed by atoms with E-state index in [1.807, 2.05) is 0 Å². The molecule has 2 amide bonds. The highest BCUT2D eigenvalue weighted by Gasteiger charge is 2.18. The molecule has 2 atom stereocenters. The van der Waals surface area contributed by atoms with Crippen molar-refractivity contribution in [1.82, 2.24) is 10.6 Å². The van der Waals surface area contributed by atoms with E-state index in [1.165, 1.54) is 7.11 Å². The van der Waals surface area contributed by atoms with Gasteiger partial charge in [-0.3, -0.25) is 0 Å². The predicted octanol–water partition coefficient (Wildman–Crippen LogP) is -0.203. The van der Waals surface area contributed by atoms with E-state index in [2.05, 4.69) is 16.6 Å². The number of carboxylic acids is 1. The lowest BCUT2D eigenvalue weighted by Gasteiger charge is -2.14. The van der Waals surface area contributed by atoms with E-state index in [1.54, 1.807) is 6.92 Å². The SMILES string of the molecule is C#CCC(NC(=O)NCC(C)OC)C(=O)O. The summed E-state index contributed by atoms with van der Waals surface area (Å²) in [4.78, 5) is 21.9. The van der Waals surface area contributed by atoms with Gasteiger partial charge in [0.15, 0.2) is 0 Å². The maximum absolute atomic E-state index is 11.2. The molecular formula is C10H16N2O4. The van der Waals surface area contributed by atoms with Crippen molar-refractivity contribution in [3.63, 3.8) is 0 Å². The molecule has 0 heterocycles. The number of terminal acetylenes is 1. The molecule has 0 saturated heterocycles. The van der Waals surface area contributed by atoms with Crippen molar-refractivity contribution in [3.8, 4) is 12.3 Å². The van der Waals surface area contributed by atoms with Gasteiger partial charge in [0.25, 0.3) is 0 Å². The zero-order chi connectivity index (χ0) is 12.6. The number of carbonyl (C=O) groups excluding carboxylic acids is 1. The van der Waals surface area contributed by atoms with Crippen LogP contribution < -0.4 is 10.6 Å². The predicted molar refractivity (Wildman–Crippen MR) is 57.9 cm³/mol. The molecule has 6 heteroatoms. The van der Waals surface area contributed by atoms with Crippen LogP contribution in [0.2, 0.25) is 0 Å². The lowest BCUT2D eigenvalue weighted by Crippen LogP contribution is -2.47. The fourth-order valence-electron chi connectivity index (χ4n) is 0.847. The summed E-state index contributed by atoms with van der Waals surface area (Å²) in [5, 5.41) is 13.4. The number of nitrogens with one attached hydrogen (secondary N) is 2. The summed E-state index contributed by atoms with van der Waals surface area (Å²) in [6, 6.07) is -1.64. The van der Waals surface area contributed by atoms with Gasteiger partial charge in [-0.25, -0.2) is 9.59 Å². The van der Waals surface area contributed by atoms with E-state index in [0.717, 1.165) is 0 Å². The molecule has 90 valence electrons. The minimum Gasteiger partial charge on any atom is -0.480 e. The van der Waals surface area contributed by atoms with Gasteiger partial charge in [0.2, 0.25) is 0 Å². The van der Waals surface area contributed by atoms with Gasteiger partial charge in [-0.05, 0) is 6.92 Å². The van der Waals surface area contributed by atoms with Crippen LogP contribution in [0.3, 0.4) is 0 Å². The number of aliphatic carboxylic acids is 1. The topological polar surface area (TPSA) is 87.7 Å². The molecule has 0 aliphatic rings. The van der Waals surface area contributed by atoms with Crippen molar-refractivity contribution in [3.05, 3.63) is 0 Å². The van der Waals surface area contributed by atoms with Gasteiger partial charge in [-0.1, -0.05) is 0 Å². The highest BCUT2D eigenvalue weighted by Crippen LogP contribution is 1.91. The standard InChI is InChI=1S/C10H16N2O4/c1-4-5-8(9(13)14)12-10(15)11-6-7(2)16-3/h1,7-8H,5-6H2,2-3H3,(H,13,14)(H2,11,12,15). The van der Waals surface area contributed by atoms with Crippen molar-refractivity contribution in [2.45, 2.75) is 25.5 Å². The lowest BCUT2D eigenvalue weighted by molar-refractivity contribution is -0.139. The zero-order valence-corrected chi connectivity index (χ0v) is 9.32. The summed E-state index contributed by atoms with van der Waals surface area (Å²) >= 11 is 0. The first-order chi connectivity index (χ1) is 7.51. The first-order valence-electron chi connectivity index (χ1n) is 4.74. The molecule has 0 aliphatic carbocycles. The number of carboxylic acid groups (broad SMARTS) is 1. The fraction of sp³-hybridized carbons (Fsp3) is 0.600. The first-order valence-corrected chi connectivity index (χ1v) is 4.74. The molecule has 2 unspecified atom stereocenters. The summed E-state index contributed by atoms with van der Waals surface area (Å²) in [6.07, 6.45) is 4.79. The van der Waals surface area contributed by atoms with Gasteiger partial charge < -0.3 is 20.5 Å². The molecule has 0 spiro atoms. The van der Waals surface area contributed by atoms with Gasteiger partial charge in [0, 0.05) is 20.1 Å². The normalized spacial score (nSPS) is 13.3. The van der Waals surface area contributed by atoms with Crippen molar-refractivity contribution in [2.24, 2.45) is 0 Å². The van der Waals surface area contributed by atoms with Crippen LogP contribution in [-0.4, -0.2) is 42.9 Å². The molecule has 0 aromatic rings. The minimum absolute atomic E-state index is 0.0530. The van der Waals surface area contributed by atoms with Gasteiger partial charge in [-0.15, -0.1) is 12.3 Å². The summed E-state index contributed by atoms with van der Waals surface area (Å²) in [5.74, 6) is 1.02. The molecule has 6 nitrogen and oxygen atoms in total. The minimum atomic E-state index is -1.16. The molecule has 3 N–H and O–H groups in total. The molecule has 16 heavy (non-hydrogen) atoms. The number of rotatable bonds is 6. The quantitative estimate of drug-likeness (QED) is 0.549. The molecule has 0 radical (unpaired) electrons. The second-order valence-electron chi connectivity index (χ2n) is 3.20. The van der Waals surface area contributed by atoms with Gasteiger partial charge in [-0.2, -0.15) is 0 Å².